The second-order valence-electron chi connectivity index (χ2n) is 3.38. The highest BCUT2D eigenvalue weighted by molar-refractivity contribution is 7.98. The van der Waals surface area contributed by atoms with Gasteiger partial charge in [0.1, 0.15) is 0 Å². The molecule has 1 aromatic carbocycles. The van der Waals surface area contributed by atoms with Crippen LogP contribution in [0.25, 0.3) is 0 Å². The van der Waals surface area contributed by atoms with Crippen molar-refractivity contribution in [2.45, 2.75) is 17.6 Å². The van der Waals surface area contributed by atoms with Crippen LogP contribution < -0.4 is 11.3 Å². The molecule has 0 unspecified atom stereocenters. The SMILES string of the molecule is Cc1ccc(SCc2cnc(NN)s2)cc1. The van der Waals surface area contributed by atoms with Gasteiger partial charge in [-0.3, -0.25) is 5.43 Å². The number of hydrogen-bond acceptors (Lipinski definition) is 5. The smallest absolute Gasteiger partial charge is 0.197 e. The van der Waals surface area contributed by atoms with Crippen molar-refractivity contribution in [2.75, 3.05) is 5.43 Å². The van der Waals surface area contributed by atoms with Crippen LogP contribution in [0.4, 0.5) is 5.13 Å². The first-order valence-corrected chi connectivity index (χ1v) is 6.69. The summed E-state index contributed by atoms with van der Waals surface area (Å²) in [6.45, 7) is 2.09. The molecule has 0 amide bonds. The monoisotopic (exact) mass is 251 g/mol. The van der Waals surface area contributed by atoms with Crippen molar-refractivity contribution >= 4 is 28.2 Å². The van der Waals surface area contributed by atoms with Crippen LogP contribution in [0.5, 0.6) is 0 Å². The minimum absolute atomic E-state index is 0.763. The third-order valence-corrected chi connectivity index (χ3v) is 4.25. The molecular formula is C11H13N3S2. The lowest BCUT2D eigenvalue weighted by Crippen LogP contribution is -2.05. The average molecular weight is 251 g/mol. The Morgan fingerprint density at radius 2 is 2.12 bits per heavy atom. The van der Waals surface area contributed by atoms with Gasteiger partial charge in [0.05, 0.1) is 0 Å². The van der Waals surface area contributed by atoms with Gasteiger partial charge in [-0.15, -0.1) is 23.1 Å². The lowest BCUT2D eigenvalue weighted by Gasteiger charge is -1.99. The van der Waals surface area contributed by atoms with E-state index in [9.17, 15) is 0 Å². The van der Waals surface area contributed by atoms with Gasteiger partial charge in [0, 0.05) is 21.7 Å². The van der Waals surface area contributed by atoms with Gasteiger partial charge in [0.15, 0.2) is 5.13 Å². The molecule has 0 fully saturated rings. The number of nitrogens with one attached hydrogen (secondary N) is 1. The van der Waals surface area contributed by atoms with Crippen LogP contribution in [0.15, 0.2) is 35.4 Å². The summed E-state index contributed by atoms with van der Waals surface area (Å²) in [5.74, 6) is 6.21. The Morgan fingerprint density at radius 1 is 1.38 bits per heavy atom. The van der Waals surface area contributed by atoms with E-state index in [-0.39, 0.29) is 0 Å². The third-order valence-electron chi connectivity index (χ3n) is 2.08. The van der Waals surface area contributed by atoms with Crippen molar-refractivity contribution in [3.05, 3.63) is 40.9 Å². The van der Waals surface area contributed by atoms with Crippen LogP contribution >= 0.6 is 23.1 Å². The first-order valence-electron chi connectivity index (χ1n) is 4.89. The molecule has 0 saturated heterocycles. The zero-order chi connectivity index (χ0) is 11.4. The minimum Gasteiger partial charge on any atom is -0.300 e. The van der Waals surface area contributed by atoms with E-state index < -0.39 is 0 Å². The van der Waals surface area contributed by atoms with Gasteiger partial charge in [-0.25, -0.2) is 10.8 Å². The maximum Gasteiger partial charge on any atom is 0.197 e. The normalized spacial score (nSPS) is 10.4. The zero-order valence-electron chi connectivity index (χ0n) is 8.93. The molecule has 5 heteroatoms. The summed E-state index contributed by atoms with van der Waals surface area (Å²) in [4.78, 5) is 6.63. The number of anilines is 1. The molecule has 0 radical (unpaired) electrons. The average Bonchev–Trinajstić information content (AvgIpc) is 2.76. The van der Waals surface area contributed by atoms with Crippen molar-refractivity contribution in [2.24, 2.45) is 5.84 Å². The van der Waals surface area contributed by atoms with Crippen molar-refractivity contribution < 1.29 is 0 Å². The number of aromatic nitrogens is 1. The highest BCUT2D eigenvalue weighted by atomic mass is 32.2. The number of hydrazine groups is 1. The molecule has 1 heterocycles. The molecular weight excluding hydrogens is 238 g/mol. The maximum absolute atomic E-state index is 5.28. The number of rotatable bonds is 4. The molecule has 0 spiro atoms. The molecule has 84 valence electrons. The minimum atomic E-state index is 0.763. The second-order valence-corrected chi connectivity index (χ2v) is 5.54. The Morgan fingerprint density at radius 3 is 2.75 bits per heavy atom. The van der Waals surface area contributed by atoms with Crippen LogP contribution in [-0.2, 0) is 5.75 Å². The van der Waals surface area contributed by atoms with Gasteiger partial charge in [-0.2, -0.15) is 0 Å². The number of thioether (sulfide) groups is 1. The Balaban J connectivity index is 1.94. The molecule has 16 heavy (non-hydrogen) atoms. The van der Waals surface area contributed by atoms with E-state index in [0.717, 1.165) is 10.9 Å². The Hall–Kier alpha value is -1.04. The lowest BCUT2D eigenvalue weighted by atomic mass is 10.2. The summed E-state index contributed by atoms with van der Waals surface area (Å²) in [5, 5.41) is 0.763. The number of nitrogens with two attached hydrogens (primary N) is 1. The standard InChI is InChI=1S/C11H13N3S2/c1-8-2-4-9(5-3-8)15-7-10-6-13-11(14-12)16-10/h2-6H,7,12H2,1H3,(H,13,14). The molecule has 2 rings (SSSR count). The summed E-state index contributed by atoms with van der Waals surface area (Å²) in [5.41, 5.74) is 3.84. The van der Waals surface area contributed by atoms with Crippen LogP contribution in [0, 0.1) is 6.92 Å². The van der Waals surface area contributed by atoms with Crippen molar-refractivity contribution in [3.63, 3.8) is 0 Å². The van der Waals surface area contributed by atoms with Crippen molar-refractivity contribution in [1.82, 2.24) is 4.98 Å². The zero-order valence-corrected chi connectivity index (χ0v) is 10.6. The van der Waals surface area contributed by atoms with Gasteiger partial charge in [-0.05, 0) is 19.1 Å². The van der Waals surface area contributed by atoms with Crippen LogP contribution in [0.3, 0.4) is 0 Å². The number of aryl methyl sites for hydroxylation is 1. The van der Waals surface area contributed by atoms with E-state index in [2.05, 4.69) is 41.6 Å². The van der Waals surface area contributed by atoms with Crippen LogP contribution in [0.1, 0.15) is 10.4 Å². The maximum atomic E-state index is 5.28. The summed E-state index contributed by atoms with van der Waals surface area (Å²) in [7, 11) is 0. The van der Waals surface area contributed by atoms with E-state index in [0.29, 0.717) is 0 Å². The van der Waals surface area contributed by atoms with E-state index in [1.807, 2.05) is 18.0 Å². The van der Waals surface area contributed by atoms with Gasteiger partial charge in [0.25, 0.3) is 0 Å². The number of nitrogens with zero attached hydrogens (tertiary/aromatic N) is 1. The van der Waals surface area contributed by atoms with Gasteiger partial charge >= 0.3 is 0 Å². The summed E-state index contributed by atoms with van der Waals surface area (Å²) in [6.07, 6.45) is 1.86. The van der Waals surface area contributed by atoms with E-state index in [4.69, 9.17) is 5.84 Å². The molecule has 3 nitrogen and oxygen atoms in total. The van der Waals surface area contributed by atoms with Crippen LogP contribution in [0.2, 0.25) is 0 Å². The summed E-state index contributed by atoms with van der Waals surface area (Å²) < 4.78 is 0. The van der Waals surface area contributed by atoms with Crippen molar-refractivity contribution in [1.29, 1.82) is 0 Å². The van der Waals surface area contributed by atoms with E-state index >= 15 is 0 Å². The van der Waals surface area contributed by atoms with E-state index in [1.165, 1.54) is 15.3 Å². The molecule has 0 atom stereocenters. The quantitative estimate of drug-likeness (QED) is 0.498. The topological polar surface area (TPSA) is 50.9 Å². The van der Waals surface area contributed by atoms with Gasteiger partial charge in [0.2, 0.25) is 0 Å². The fourth-order valence-electron chi connectivity index (χ4n) is 1.23. The van der Waals surface area contributed by atoms with Crippen molar-refractivity contribution in [3.8, 4) is 0 Å². The number of hydrogen-bond donors (Lipinski definition) is 2. The Bertz CT molecular complexity index is 451. The number of thiazole rings is 1. The largest absolute Gasteiger partial charge is 0.300 e. The van der Waals surface area contributed by atoms with Crippen LogP contribution in [-0.4, -0.2) is 4.98 Å². The van der Waals surface area contributed by atoms with Gasteiger partial charge < -0.3 is 0 Å². The second kappa shape index (κ2) is 5.34. The molecule has 1 aromatic heterocycles. The first-order chi connectivity index (χ1) is 7.78. The van der Waals surface area contributed by atoms with Gasteiger partial charge in [-0.1, -0.05) is 17.7 Å². The Kier molecular flexibility index (Phi) is 3.82. The highest BCUT2D eigenvalue weighted by Gasteiger charge is 2.01. The molecule has 0 aliphatic carbocycles. The predicted octanol–water partition coefficient (Wildman–Crippen LogP) is 3.03. The van der Waals surface area contributed by atoms with E-state index in [1.54, 1.807) is 11.3 Å². The molecule has 0 aliphatic heterocycles. The fourth-order valence-corrected chi connectivity index (χ4v) is 2.87. The summed E-state index contributed by atoms with van der Waals surface area (Å²) >= 11 is 3.40. The lowest BCUT2D eigenvalue weighted by molar-refractivity contribution is 1.28. The molecule has 2 aromatic rings. The Labute approximate surface area is 103 Å². The highest BCUT2D eigenvalue weighted by Crippen LogP contribution is 2.27. The first kappa shape index (κ1) is 11.4. The molecule has 0 bridgehead atoms. The number of benzene rings is 1. The third kappa shape index (κ3) is 2.98. The molecule has 3 N–H and O–H groups in total. The molecule has 0 saturated carbocycles. The fraction of sp³-hybridized carbons (Fsp3) is 0.182. The predicted molar refractivity (Wildman–Crippen MR) is 70.7 cm³/mol. The number of nitrogen functional groups attached to an aromatic ring is 1. The molecule has 0 aliphatic rings. The summed E-state index contributed by atoms with van der Waals surface area (Å²) in [6, 6.07) is 8.54.